The molecule has 2 unspecified atom stereocenters. The highest BCUT2D eigenvalue weighted by Crippen LogP contribution is 2.17. The average molecular weight is 248 g/mol. The van der Waals surface area contributed by atoms with Crippen molar-refractivity contribution in [2.24, 2.45) is 11.8 Å². The second-order valence-electron chi connectivity index (χ2n) is 4.57. The van der Waals surface area contributed by atoms with Crippen LogP contribution in [0.5, 0.6) is 0 Å². The van der Waals surface area contributed by atoms with E-state index in [1.54, 1.807) is 0 Å². The quantitative estimate of drug-likeness (QED) is 0.675. The first-order chi connectivity index (χ1) is 6.22. The van der Waals surface area contributed by atoms with Crippen molar-refractivity contribution in [3.63, 3.8) is 0 Å². The lowest BCUT2D eigenvalue weighted by Crippen LogP contribution is -2.23. The van der Waals surface area contributed by atoms with Gasteiger partial charge >= 0.3 is 0 Å². The maximum Gasteiger partial charge on any atom is 0.00338 e. The summed E-state index contributed by atoms with van der Waals surface area (Å²) in [4.78, 5) is 2.62. The first-order valence-electron chi connectivity index (χ1n) is 5.50. The van der Waals surface area contributed by atoms with Crippen molar-refractivity contribution >= 4 is 15.9 Å². The van der Waals surface area contributed by atoms with Crippen LogP contribution in [0.2, 0.25) is 0 Å². The zero-order chi connectivity index (χ0) is 9.68. The Kier molecular flexibility index (Phi) is 5.34. The van der Waals surface area contributed by atoms with E-state index in [9.17, 15) is 0 Å². The van der Waals surface area contributed by atoms with E-state index >= 15 is 0 Å². The average Bonchev–Trinajstić information content (AvgIpc) is 2.49. The van der Waals surface area contributed by atoms with Gasteiger partial charge in [-0.05, 0) is 44.2 Å². The summed E-state index contributed by atoms with van der Waals surface area (Å²) in [6.07, 6.45) is 4.11. The number of nitrogens with zero attached hydrogens (tertiary/aromatic N) is 1. The van der Waals surface area contributed by atoms with Gasteiger partial charge in [-0.2, -0.15) is 0 Å². The number of hydrogen-bond acceptors (Lipinski definition) is 1. The molecule has 1 fully saturated rings. The van der Waals surface area contributed by atoms with Gasteiger partial charge in [0, 0.05) is 11.9 Å². The molecule has 0 aromatic rings. The van der Waals surface area contributed by atoms with E-state index in [0.29, 0.717) is 0 Å². The lowest BCUT2D eigenvalue weighted by atomic mass is 10.1. The molecule has 0 spiro atoms. The molecule has 1 nitrogen and oxygen atoms in total. The van der Waals surface area contributed by atoms with E-state index in [2.05, 4.69) is 34.7 Å². The van der Waals surface area contributed by atoms with Crippen LogP contribution in [0.3, 0.4) is 0 Å². The lowest BCUT2D eigenvalue weighted by Gasteiger charge is -2.17. The molecule has 13 heavy (non-hydrogen) atoms. The second kappa shape index (κ2) is 6.02. The highest BCUT2D eigenvalue weighted by molar-refractivity contribution is 9.09. The summed E-state index contributed by atoms with van der Waals surface area (Å²) in [6, 6.07) is 0. The minimum Gasteiger partial charge on any atom is -0.303 e. The molecule has 2 heteroatoms. The predicted molar refractivity (Wildman–Crippen MR) is 62.4 cm³/mol. The molecule has 0 N–H and O–H groups in total. The number of halogens is 1. The molecule has 1 saturated heterocycles. The Morgan fingerprint density at radius 1 is 1.46 bits per heavy atom. The van der Waals surface area contributed by atoms with Crippen LogP contribution in [-0.4, -0.2) is 29.9 Å². The number of rotatable bonds is 5. The van der Waals surface area contributed by atoms with Gasteiger partial charge in [0.1, 0.15) is 0 Å². The fourth-order valence-electron chi connectivity index (χ4n) is 1.96. The normalized spacial score (nSPS) is 26.5. The third kappa shape index (κ3) is 4.46. The maximum atomic E-state index is 3.50. The van der Waals surface area contributed by atoms with Crippen LogP contribution in [0, 0.1) is 11.8 Å². The summed E-state index contributed by atoms with van der Waals surface area (Å²) in [6.45, 7) is 8.71. The molecule has 0 amide bonds. The molecule has 0 saturated carbocycles. The van der Waals surface area contributed by atoms with E-state index < -0.39 is 0 Å². The molecule has 1 aliphatic rings. The minimum absolute atomic E-state index is 0.885. The number of likely N-dealkylation sites (tertiary alicyclic amines) is 1. The Balaban J connectivity index is 2.05. The summed E-state index contributed by atoms with van der Waals surface area (Å²) < 4.78 is 0. The second-order valence-corrected chi connectivity index (χ2v) is 5.36. The third-order valence-electron chi connectivity index (χ3n) is 3.05. The summed E-state index contributed by atoms with van der Waals surface area (Å²) in [7, 11) is 0. The molecular weight excluding hydrogens is 226 g/mol. The Bertz CT molecular complexity index is 138. The van der Waals surface area contributed by atoms with Crippen molar-refractivity contribution in [2.45, 2.75) is 33.1 Å². The number of alkyl halides is 1. The van der Waals surface area contributed by atoms with Crippen molar-refractivity contribution < 1.29 is 0 Å². The van der Waals surface area contributed by atoms with Crippen molar-refractivity contribution in [1.82, 2.24) is 4.90 Å². The van der Waals surface area contributed by atoms with E-state index in [1.807, 2.05) is 0 Å². The highest BCUT2D eigenvalue weighted by atomic mass is 79.9. The maximum absolute atomic E-state index is 3.50. The van der Waals surface area contributed by atoms with Crippen LogP contribution in [0.15, 0.2) is 0 Å². The van der Waals surface area contributed by atoms with Crippen molar-refractivity contribution in [2.75, 3.05) is 25.0 Å². The molecule has 2 atom stereocenters. The van der Waals surface area contributed by atoms with Gasteiger partial charge in [-0.3, -0.25) is 0 Å². The van der Waals surface area contributed by atoms with Crippen LogP contribution in [0.1, 0.15) is 33.1 Å². The van der Waals surface area contributed by atoms with Crippen molar-refractivity contribution in [3.8, 4) is 0 Å². The Hall–Kier alpha value is 0.440. The fourth-order valence-corrected chi connectivity index (χ4v) is 2.74. The van der Waals surface area contributed by atoms with Gasteiger partial charge < -0.3 is 4.90 Å². The van der Waals surface area contributed by atoms with Gasteiger partial charge in [-0.1, -0.05) is 29.8 Å². The summed E-state index contributed by atoms with van der Waals surface area (Å²) in [5, 5.41) is 1.16. The smallest absolute Gasteiger partial charge is 0.00338 e. The summed E-state index contributed by atoms with van der Waals surface area (Å²) >= 11 is 3.50. The van der Waals surface area contributed by atoms with Crippen LogP contribution in [-0.2, 0) is 0 Å². The first-order valence-corrected chi connectivity index (χ1v) is 6.63. The van der Waals surface area contributed by atoms with Crippen LogP contribution < -0.4 is 0 Å². The molecule has 1 aliphatic heterocycles. The van der Waals surface area contributed by atoms with E-state index in [4.69, 9.17) is 0 Å². The topological polar surface area (TPSA) is 3.24 Å². The molecule has 0 bridgehead atoms. The Morgan fingerprint density at radius 2 is 2.23 bits per heavy atom. The zero-order valence-electron chi connectivity index (χ0n) is 8.93. The largest absolute Gasteiger partial charge is 0.303 e. The van der Waals surface area contributed by atoms with Gasteiger partial charge in [0.05, 0.1) is 0 Å². The van der Waals surface area contributed by atoms with Gasteiger partial charge in [0.25, 0.3) is 0 Å². The molecule has 0 aromatic heterocycles. The van der Waals surface area contributed by atoms with E-state index in [-0.39, 0.29) is 0 Å². The molecule has 0 aliphatic carbocycles. The monoisotopic (exact) mass is 247 g/mol. The van der Waals surface area contributed by atoms with Crippen LogP contribution in [0.25, 0.3) is 0 Å². The lowest BCUT2D eigenvalue weighted by molar-refractivity contribution is 0.298. The van der Waals surface area contributed by atoms with Crippen LogP contribution in [0.4, 0.5) is 0 Å². The summed E-state index contributed by atoms with van der Waals surface area (Å²) in [5.74, 6) is 1.82. The molecule has 1 heterocycles. The SMILES string of the molecule is CC(CCBr)CCN1CCC(C)C1. The summed E-state index contributed by atoms with van der Waals surface area (Å²) in [5.41, 5.74) is 0. The van der Waals surface area contributed by atoms with Crippen molar-refractivity contribution in [1.29, 1.82) is 0 Å². The molecule has 0 aromatic carbocycles. The number of hydrogen-bond donors (Lipinski definition) is 0. The van der Waals surface area contributed by atoms with Gasteiger partial charge in [-0.25, -0.2) is 0 Å². The van der Waals surface area contributed by atoms with Gasteiger partial charge in [-0.15, -0.1) is 0 Å². The minimum atomic E-state index is 0.885. The predicted octanol–water partition coefficient (Wildman–Crippen LogP) is 3.14. The standard InChI is InChI=1S/C11H22BrN/c1-10(3-6-12)4-7-13-8-5-11(2)9-13/h10-11H,3-9H2,1-2H3. The van der Waals surface area contributed by atoms with Crippen LogP contribution >= 0.6 is 15.9 Å². The zero-order valence-corrected chi connectivity index (χ0v) is 10.5. The molecular formula is C11H22BrN. The third-order valence-corrected chi connectivity index (χ3v) is 3.51. The Morgan fingerprint density at radius 3 is 2.77 bits per heavy atom. The molecule has 78 valence electrons. The van der Waals surface area contributed by atoms with Gasteiger partial charge in [0.2, 0.25) is 0 Å². The fraction of sp³-hybridized carbons (Fsp3) is 1.00. The molecule has 0 radical (unpaired) electrons. The first kappa shape index (κ1) is 11.5. The molecule has 1 rings (SSSR count). The van der Waals surface area contributed by atoms with E-state index in [0.717, 1.165) is 17.2 Å². The van der Waals surface area contributed by atoms with Gasteiger partial charge in [0.15, 0.2) is 0 Å². The van der Waals surface area contributed by atoms with E-state index in [1.165, 1.54) is 38.9 Å². The van der Waals surface area contributed by atoms with Crippen molar-refractivity contribution in [3.05, 3.63) is 0 Å². The highest BCUT2D eigenvalue weighted by Gasteiger charge is 2.18. The Labute approximate surface area is 91.0 Å².